The largest absolute Gasteiger partial charge is 0.419 e. The van der Waals surface area contributed by atoms with Gasteiger partial charge in [-0.15, -0.1) is 0 Å². The summed E-state index contributed by atoms with van der Waals surface area (Å²) in [7, 11) is 1.42. The Hall–Kier alpha value is -3.03. The third-order valence-corrected chi connectivity index (χ3v) is 5.09. The number of hydrogen-bond acceptors (Lipinski definition) is 2. The molecule has 0 bridgehead atoms. The first-order valence-electron chi connectivity index (χ1n) is 8.94. The molecule has 2 amide bonds. The monoisotopic (exact) mass is 388 g/mol. The maximum Gasteiger partial charge on any atom is 0.419 e. The predicted octanol–water partition coefficient (Wildman–Crippen LogP) is 3.95. The van der Waals surface area contributed by atoms with Gasteiger partial charge in [0.2, 0.25) is 0 Å². The van der Waals surface area contributed by atoms with Crippen LogP contribution in [0.2, 0.25) is 0 Å². The van der Waals surface area contributed by atoms with Crippen LogP contribution in [-0.4, -0.2) is 21.9 Å². The Morgan fingerprint density at radius 3 is 2.71 bits per heavy atom. The van der Waals surface area contributed by atoms with Crippen LogP contribution in [0.3, 0.4) is 0 Å². The molecule has 2 atom stereocenters. The molecule has 1 saturated carbocycles. The molecule has 28 heavy (non-hydrogen) atoms. The van der Waals surface area contributed by atoms with Crippen molar-refractivity contribution in [1.29, 1.82) is 0 Å². The van der Waals surface area contributed by atoms with Gasteiger partial charge in [-0.25, -0.2) is 4.79 Å². The highest BCUT2D eigenvalue weighted by Gasteiger charge is 2.40. The van der Waals surface area contributed by atoms with Crippen LogP contribution in [0, 0.1) is 0 Å². The first-order valence-corrected chi connectivity index (χ1v) is 8.94. The van der Waals surface area contributed by atoms with E-state index in [1.165, 1.54) is 7.05 Å². The number of carbonyl (C=O) groups excluding carboxylic acids is 1. The van der Waals surface area contributed by atoms with Gasteiger partial charge in [-0.2, -0.15) is 18.3 Å². The summed E-state index contributed by atoms with van der Waals surface area (Å²) in [6.45, 7) is -0.245. The average molecular weight is 388 g/mol. The second-order valence-electron chi connectivity index (χ2n) is 7.01. The van der Waals surface area contributed by atoms with Crippen molar-refractivity contribution in [3.8, 4) is 0 Å². The maximum absolute atomic E-state index is 13.0. The number of aromatic nitrogens is 2. The molecule has 4 rings (SSSR count). The van der Waals surface area contributed by atoms with Crippen molar-refractivity contribution >= 4 is 16.8 Å². The summed E-state index contributed by atoms with van der Waals surface area (Å²) in [6.07, 6.45) is -2.92. The van der Waals surface area contributed by atoms with Crippen molar-refractivity contribution < 1.29 is 18.0 Å². The lowest BCUT2D eigenvalue weighted by atomic mass is 10.0. The van der Waals surface area contributed by atoms with Crippen molar-refractivity contribution in [1.82, 2.24) is 20.4 Å². The van der Waals surface area contributed by atoms with E-state index in [-0.39, 0.29) is 24.2 Å². The summed E-state index contributed by atoms with van der Waals surface area (Å²) in [6, 6.07) is 13.8. The van der Waals surface area contributed by atoms with Crippen LogP contribution in [0.4, 0.5) is 18.0 Å². The first kappa shape index (κ1) is 18.3. The highest BCUT2D eigenvalue weighted by molar-refractivity contribution is 5.83. The van der Waals surface area contributed by atoms with E-state index in [0.717, 1.165) is 33.6 Å². The number of benzene rings is 2. The molecule has 1 heterocycles. The molecule has 0 aliphatic heterocycles. The third kappa shape index (κ3) is 3.67. The summed E-state index contributed by atoms with van der Waals surface area (Å²) in [5, 5.41) is 11.3. The van der Waals surface area contributed by atoms with Crippen LogP contribution < -0.4 is 10.6 Å². The van der Waals surface area contributed by atoms with E-state index in [0.29, 0.717) is 0 Å². The number of rotatable bonds is 4. The second kappa shape index (κ2) is 6.85. The lowest BCUT2D eigenvalue weighted by Gasteiger charge is -2.11. The number of halogens is 3. The summed E-state index contributed by atoms with van der Waals surface area (Å²) in [5.74, 6) is 0.220. The van der Waals surface area contributed by atoms with Gasteiger partial charge in [-0.3, -0.25) is 4.68 Å². The molecule has 0 radical (unpaired) electrons. The van der Waals surface area contributed by atoms with Gasteiger partial charge in [0, 0.05) is 19.0 Å². The lowest BCUT2D eigenvalue weighted by Crippen LogP contribution is -2.37. The SMILES string of the molecule is Cn1ncc(C(F)(F)F)c1CNC(=O)N[C@@H]1C[C@H]1c1ccc2ccccc2c1. The van der Waals surface area contributed by atoms with E-state index in [9.17, 15) is 18.0 Å². The molecule has 2 aromatic carbocycles. The van der Waals surface area contributed by atoms with Gasteiger partial charge in [-0.1, -0.05) is 42.5 Å². The molecule has 3 aromatic rings. The fourth-order valence-corrected chi connectivity index (χ4v) is 3.45. The van der Waals surface area contributed by atoms with Gasteiger partial charge in [0.05, 0.1) is 24.0 Å². The van der Waals surface area contributed by atoms with Crippen molar-refractivity contribution in [2.75, 3.05) is 0 Å². The van der Waals surface area contributed by atoms with Crippen molar-refractivity contribution in [2.24, 2.45) is 7.05 Å². The standard InChI is InChI=1S/C20H19F3N4O/c1-27-18(16(10-25-27)20(21,22)23)11-24-19(28)26-17-9-15(17)14-7-6-12-4-2-3-5-13(12)8-14/h2-8,10,15,17H,9,11H2,1H3,(H2,24,26,28)/t15-,17+/m0/s1. The molecular weight excluding hydrogens is 369 g/mol. The van der Waals surface area contributed by atoms with E-state index in [2.05, 4.69) is 33.9 Å². The highest BCUT2D eigenvalue weighted by Crippen LogP contribution is 2.41. The zero-order valence-electron chi connectivity index (χ0n) is 15.1. The zero-order chi connectivity index (χ0) is 19.9. The number of nitrogens with zero attached hydrogens (tertiary/aromatic N) is 2. The molecule has 8 heteroatoms. The van der Waals surface area contributed by atoms with Gasteiger partial charge in [0.15, 0.2) is 0 Å². The molecule has 0 spiro atoms. The minimum Gasteiger partial charge on any atom is -0.335 e. The van der Waals surface area contributed by atoms with Gasteiger partial charge in [0.1, 0.15) is 0 Å². The fourth-order valence-electron chi connectivity index (χ4n) is 3.45. The van der Waals surface area contributed by atoms with E-state index >= 15 is 0 Å². The normalized spacial score (nSPS) is 18.9. The smallest absolute Gasteiger partial charge is 0.335 e. The Balaban J connectivity index is 1.35. The Kier molecular flexibility index (Phi) is 4.49. The van der Waals surface area contributed by atoms with Gasteiger partial charge in [-0.05, 0) is 22.8 Å². The maximum atomic E-state index is 13.0. The quantitative estimate of drug-likeness (QED) is 0.711. The van der Waals surface area contributed by atoms with Gasteiger partial charge in [0.25, 0.3) is 0 Å². The molecule has 1 aliphatic rings. The van der Waals surface area contributed by atoms with Crippen LogP contribution in [0.25, 0.3) is 10.8 Å². The number of urea groups is 1. The number of aryl methyl sites for hydroxylation is 1. The number of amides is 2. The molecular formula is C20H19F3N4O. The second-order valence-corrected chi connectivity index (χ2v) is 7.01. The Labute approximate surface area is 159 Å². The lowest BCUT2D eigenvalue weighted by molar-refractivity contribution is -0.138. The van der Waals surface area contributed by atoms with Gasteiger partial charge < -0.3 is 10.6 Å². The van der Waals surface area contributed by atoms with Crippen LogP contribution in [0.1, 0.15) is 29.2 Å². The van der Waals surface area contributed by atoms with E-state index in [1.54, 1.807) is 0 Å². The molecule has 5 nitrogen and oxygen atoms in total. The molecule has 1 aromatic heterocycles. The van der Waals surface area contributed by atoms with Crippen molar-refractivity contribution in [3.63, 3.8) is 0 Å². The van der Waals surface area contributed by atoms with E-state index < -0.39 is 17.8 Å². The molecule has 0 unspecified atom stereocenters. The van der Waals surface area contributed by atoms with Crippen LogP contribution in [0.5, 0.6) is 0 Å². The number of carbonyl (C=O) groups is 1. The van der Waals surface area contributed by atoms with Crippen molar-refractivity contribution in [2.45, 2.75) is 31.1 Å². The summed E-state index contributed by atoms with van der Waals surface area (Å²) in [5.41, 5.74) is 0.232. The number of alkyl halides is 3. The Morgan fingerprint density at radius 2 is 1.96 bits per heavy atom. The van der Waals surface area contributed by atoms with Crippen LogP contribution in [-0.2, 0) is 19.8 Å². The van der Waals surface area contributed by atoms with Crippen LogP contribution in [0.15, 0.2) is 48.7 Å². The van der Waals surface area contributed by atoms with E-state index in [4.69, 9.17) is 0 Å². The van der Waals surface area contributed by atoms with Crippen LogP contribution >= 0.6 is 0 Å². The Morgan fingerprint density at radius 1 is 1.21 bits per heavy atom. The zero-order valence-corrected chi connectivity index (χ0v) is 15.1. The molecule has 0 saturated heterocycles. The van der Waals surface area contributed by atoms with E-state index in [1.807, 2.05) is 24.3 Å². The summed E-state index contributed by atoms with van der Waals surface area (Å²) >= 11 is 0. The third-order valence-electron chi connectivity index (χ3n) is 5.09. The molecule has 1 aliphatic carbocycles. The molecule has 1 fully saturated rings. The van der Waals surface area contributed by atoms with Crippen molar-refractivity contribution in [3.05, 3.63) is 65.5 Å². The summed E-state index contributed by atoms with van der Waals surface area (Å²) in [4.78, 5) is 12.1. The summed E-state index contributed by atoms with van der Waals surface area (Å²) < 4.78 is 40.0. The number of hydrogen-bond donors (Lipinski definition) is 2. The molecule has 2 N–H and O–H groups in total. The average Bonchev–Trinajstić information content (AvgIpc) is 3.31. The number of fused-ring (bicyclic) bond motifs is 1. The fraction of sp³-hybridized carbons (Fsp3) is 0.300. The highest BCUT2D eigenvalue weighted by atomic mass is 19.4. The topological polar surface area (TPSA) is 59.0 Å². The number of nitrogens with one attached hydrogen (secondary N) is 2. The predicted molar refractivity (Wildman–Crippen MR) is 98.7 cm³/mol. The minimum atomic E-state index is -4.50. The molecule has 146 valence electrons. The first-order chi connectivity index (χ1) is 13.3. The Bertz CT molecular complexity index is 1030. The minimum absolute atomic E-state index is 0.0187. The van der Waals surface area contributed by atoms with Gasteiger partial charge >= 0.3 is 12.2 Å².